The summed E-state index contributed by atoms with van der Waals surface area (Å²) in [4.78, 5) is 24.5. The van der Waals surface area contributed by atoms with Gasteiger partial charge in [-0.2, -0.15) is 0 Å². The molecule has 132 valence electrons. The van der Waals surface area contributed by atoms with Crippen LogP contribution in [0.4, 0.5) is 0 Å². The zero-order valence-electron chi connectivity index (χ0n) is 14.0. The average molecular weight is 402 g/mol. The molecular weight excluding hydrogens is 386 g/mol. The van der Waals surface area contributed by atoms with Crippen molar-refractivity contribution in [3.8, 4) is 10.4 Å². The molecule has 3 aromatic heterocycles. The van der Waals surface area contributed by atoms with E-state index in [-0.39, 0.29) is 5.56 Å². The van der Waals surface area contributed by atoms with Crippen LogP contribution in [0.2, 0.25) is 5.02 Å². The maximum Gasteiger partial charge on any atom is 0.268 e. The van der Waals surface area contributed by atoms with Crippen molar-refractivity contribution in [2.45, 2.75) is 13.1 Å². The van der Waals surface area contributed by atoms with Crippen molar-refractivity contribution in [2.75, 3.05) is 7.05 Å². The molecule has 3 heterocycles. The van der Waals surface area contributed by atoms with E-state index in [0.29, 0.717) is 22.1 Å². The molecule has 0 saturated heterocycles. The first-order valence-corrected chi connectivity index (χ1v) is 10.2. The smallest absolute Gasteiger partial charge is 0.268 e. The Morgan fingerprint density at radius 2 is 2.00 bits per heavy atom. The normalized spacial score (nSPS) is 11.5. The number of fused-ring (bicyclic) bond motifs is 1. The Morgan fingerprint density at radius 1 is 1.19 bits per heavy atom. The van der Waals surface area contributed by atoms with Gasteiger partial charge in [0.05, 0.1) is 12.1 Å². The van der Waals surface area contributed by atoms with E-state index in [1.54, 1.807) is 11.3 Å². The fraction of sp³-hybridized carbons (Fsp3) is 0.158. The fourth-order valence-electron chi connectivity index (χ4n) is 2.80. The second kappa shape index (κ2) is 7.32. The molecule has 0 aliphatic heterocycles. The van der Waals surface area contributed by atoms with E-state index in [9.17, 15) is 4.79 Å². The van der Waals surface area contributed by atoms with Crippen molar-refractivity contribution in [1.29, 1.82) is 0 Å². The van der Waals surface area contributed by atoms with Crippen molar-refractivity contribution in [1.82, 2.24) is 14.9 Å². The fourth-order valence-corrected chi connectivity index (χ4v) is 4.71. The zero-order chi connectivity index (χ0) is 18.1. The van der Waals surface area contributed by atoms with Gasteiger partial charge in [-0.25, -0.2) is 4.98 Å². The van der Waals surface area contributed by atoms with Gasteiger partial charge in [-0.3, -0.25) is 9.69 Å². The van der Waals surface area contributed by atoms with Gasteiger partial charge in [-0.05, 0) is 42.3 Å². The van der Waals surface area contributed by atoms with E-state index in [2.05, 4.69) is 26.3 Å². The van der Waals surface area contributed by atoms with Gasteiger partial charge in [0.25, 0.3) is 5.56 Å². The zero-order valence-corrected chi connectivity index (χ0v) is 16.4. The van der Waals surface area contributed by atoms with Crippen molar-refractivity contribution < 1.29 is 0 Å². The summed E-state index contributed by atoms with van der Waals surface area (Å²) in [5.74, 6) is 0.682. The van der Waals surface area contributed by atoms with Crippen molar-refractivity contribution in [2.24, 2.45) is 0 Å². The monoisotopic (exact) mass is 401 g/mol. The number of nitrogens with zero attached hydrogens (tertiary/aromatic N) is 2. The van der Waals surface area contributed by atoms with Crippen LogP contribution in [0.1, 0.15) is 10.7 Å². The average Bonchev–Trinajstić information content (AvgIpc) is 3.25. The molecule has 7 heteroatoms. The van der Waals surface area contributed by atoms with E-state index in [1.165, 1.54) is 16.2 Å². The molecule has 0 aliphatic rings. The molecule has 4 rings (SSSR count). The van der Waals surface area contributed by atoms with E-state index >= 15 is 0 Å². The number of hydrogen-bond donors (Lipinski definition) is 1. The minimum absolute atomic E-state index is 0.0836. The maximum absolute atomic E-state index is 12.5. The van der Waals surface area contributed by atoms with E-state index < -0.39 is 0 Å². The van der Waals surface area contributed by atoms with Gasteiger partial charge in [-0.15, -0.1) is 22.7 Å². The maximum atomic E-state index is 12.5. The second-order valence-electron chi connectivity index (χ2n) is 6.10. The van der Waals surface area contributed by atoms with Crippen LogP contribution in [0.15, 0.2) is 52.6 Å². The molecule has 0 fully saturated rings. The largest absolute Gasteiger partial charge is 0.308 e. The number of halogens is 1. The molecule has 0 radical (unpaired) electrons. The highest BCUT2D eigenvalue weighted by Crippen LogP contribution is 2.31. The Hall–Kier alpha value is -1.99. The van der Waals surface area contributed by atoms with Crippen LogP contribution in [-0.2, 0) is 13.1 Å². The minimum Gasteiger partial charge on any atom is -0.308 e. The van der Waals surface area contributed by atoms with Gasteiger partial charge >= 0.3 is 0 Å². The minimum atomic E-state index is -0.0836. The molecule has 4 nitrogen and oxygen atoms in total. The number of rotatable bonds is 5. The number of H-pyrrole nitrogens is 1. The number of hydrogen-bond acceptors (Lipinski definition) is 5. The van der Waals surface area contributed by atoms with E-state index in [0.717, 1.165) is 22.5 Å². The predicted molar refractivity (Wildman–Crippen MR) is 110 cm³/mol. The first-order valence-electron chi connectivity index (χ1n) is 8.08. The number of aromatic amines is 1. The lowest BCUT2D eigenvalue weighted by atomic mass is 10.2. The molecule has 0 bridgehead atoms. The summed E-state index contributed by atoms with van der Waals surface area (Å²) in [5.41, 5.74) is 1.69. The number of aromatic nitrogens is 2. The van der Waals surface area contributed by atoms with Gasteiger partial charge in [0.2, 0.25) is 0 Å². The van der Waals surface area contributed by atoms with Gasteiger partial charge in [-0.1, -0.05) is 29.8 Å². The van der Waals surface area contributed by atoms with Gasteiger partial charge in [0.1, 0.15) is 10.5 Å². The summed E-state index contributed by atoms with van der Waals surface area (Å²) < 4.78 is 0.652. The summed E-state index contributed by atoms with van der Waals surface area (Å²) >= 11 is 9.14. The lowest BCUT2D eigenvalue weighted by Crippen LogP contribution is -2.21. The highest BCUT2D eigenvalue weighted by Gasteiger charge is 2.12. The molecule has 0 spiro atoms. The summed E-state index contributed by atoms with van der Waals surface area (Å²) in [6.45, 7) is 1.42. The molecular formula is C19H16ClN3OS2. The van der Waals surface area contributed by atoms with Crippen molar-refractivity contribution >= 4 is 44.5 Å². The van der Waals surface area contributed by atoms with Crippen LogP contribution in [-0.4, -0.2) is 21.9 Å². The number of thiophene rings is 2. The Balaban J connectivity index is 1.61. The van der Waals surface area contributed by atoms with Gasteiger partial charge in [0, 0.05) is 21.3 Å². The predicted octanol–water partition coefficient (Wildman–Crippen LogP) is 5.00. The lowest BCUT2D eigenvalue weighted by molar-refractivity contribution is 0.313. The summed E-state index contributed by atoms with van der Waals surface area (Å²) in [7, 11) is 2.02. The highest BCUT2D eigenvalue weighted by molar-refractivity contribution is 7.22. The summed E-state index contributed by atoms with van der Waals surface area (Å²) in [6.07, 6.45) is 0. The Morgan fingerprint density at radius 3 is 2.73 bits per heavy atom. The summed E-state index contributed by atoms with van der Waals surface area (Å²) in [5, 5.41) is 2.76. The molecule has 1 N–H and O–H groups in total. The molecule has 0 unspecified atom stereocenters. The molecule has 0 aliphatic carbocycles. The third-order valence-electron chi connectivity index (χ3n) is 3.99. The molecule has 0 atom stereocenters. The van der Waals surface area contributed by atoms with Crippen LogP contribution in [0.3, 0.4) is 0 Å². The molecule has 0 amide bonds. The van der Waals surface area contributed by atoms with Crippen LogP contribution in [0.5, 0.6) is 0 Å². The second-order valence-corrected chi connectivity index (χ2v) is 8.62. The molecule has 0 saturated carbocycles. The first kappa shape index (κ1) is 17.4. The third-order valence-corrected chi connectivity index (χ3v) is 6.27. The number of benzene rings is 1. The van der Waals surface area contributed by atoms with Crippen LogP contribution < -0.4 is 5.56 Å². The molecule has 26 heavy (non-hydrogen) atoms. The molecule has 4 aromatic rings. The first-order chi connectivity index (χ1) is 12.6. The van der Waals surface area contributed by atoms with E-state index in [1.807, 2.05) is 43.4 Å². The summed E-state index contributed by atoms with van der Waals surface area (Å²) in [6, 6.07) is 13.7. The topological polar surface area (TPSA) is 49.0 Å². The van der Waals surface area contributed by atoms with Crippen LogP contribution in [0, 0.1) is 0 Å². The quantitative estimate of drug-likeness (QED) is 0.512. The Labute approximate surface area is 163 Å². The van der Waals surface area contributed by atoms with E-state index in [4.69, 9.17) is 11.6 Å². The van der Waals surface area contributed by atoms with Gasteiger partial charge < -0.3 is 4.98 Å². The van der Waals surface area contributed by atoms with Crippen molar-refractivity contribution in [3.05, 3.63) is 73.9 Å². The highest BCUT2D eigenvalue weighted by atomic mass is 35.5. The van der Waals surface area contributed by atoms with Crippen LogP contribution in [0.25, 0.3) is 20.7 Å². The lowest BCUT2D eigenvalue weighted by Gasteiger charge is -2.14. The Kier molecular flexibility index (Phi) is 4.91. The SMILES string of the molecule is CN(Cc1nc2cc(-c3ccc(Cl)cc3)sc2c(=O)[nH]1)Cc1cccs1. The Bertz CT molecular complexity index is 1080. The van der Waals surface area contributed by atoms with Gasteiger partial charge in [0.15, 0.2) is 0 Å². The van der Waals surface area contributed by atoms with Crippen LogP contribution >= 0.6 is 34.3 Å². The standard InChI is InChI=1S/C19H16ClN3OS2/c1-23(10-14-3-2-8-25-14)11-17-21-15-9-16(26-18(15)19(24)22-17)12-4-6-13(20)7-5-12/h2-9H,10-11H2,1H3,(H,21,22,24). The molecule has 1 aromatic carbocycles. The van der Waals surface area contributed by atoms with Crippen molar-refractivity contribution in [3.63, 3.8) is 0 Å². The number of nitrogens with one attached hydrogen (secondary N) is 1. The third kappa shape index (κ3) is 3.73.